The number of nitrogens with one attached hydrogen (secondary N) is 1. The predicted octanol–water partition coefficient (Wildman–Crippen LogP) is 3.82. The van der Waals surface area contributed by atoms with Crippen LogP contribution in [0, 0.1) is 0 Å². The largest absolute Gasteiger partial charge is 0.417 e. The number of nitrogens with zero attached hydrogens (tertiary/aromatic N) is 3. The SMILES string of the molecule is O=C(NC1CCOCC1)N1CCC(c2cc(-c3ccc(C(F)(F)F)cn3)no2)CC1. The number of carbonyl (C=O) groups is 1. The molecule has 0 aromatic carbocycles. The Morgan fingerprint density at radius 1 is 1.10 bits per heavy atom. The van der Waals surface area contributed by atoms with Crippen molar-refractivity contribution in [1.82, 2.24) is 20.4 Å². The molecular weight excluding hydrogens is 401 g/mol. The molecule has 0 unspecified atom stereocenters. The summed E-state index contributed by atoms with van der Waals surface area (Å²) in [6.45, 7) is 2.56. The van der Waals surface area contributed by atoms with Crippen LogP contribution in [0.3, 0.4) is 0 Å². The molecule has 2 fully saturated rings. The van der Waals surface area contributed by atoms with Gasteiger partial charge in [-0.2, -0.15) is 13.2 Å². The zero-order valence-corrected chi connectivity index (χ0v) is 16.3. The van der Waals surface area contributed by atoms with E-state index in [1.807, 2.05) is 0 Å². The van der Waals surface area contributed by atoms with Gasteiger partial charge in [-0.15, -0.1) is 0 Å². The number of carbonyl (C=O) groups excluding carboxylic acids is 1. The van der Waals surface area contributed by atoms with Crippen LogP contribution in [0.5, 0.6) is 0 Å². The molecule has 0 bridgehead atoms. The molecule has 7 nitrogen and oxygen atoms in total. The highest BCUT2D eigenvalue weighted by atomic mass is 19.4. The third kappa shape index (κ3) is 4.75. The number of ether oxygens (including phenoxy) is 1. The van der Waals surface area contributed by atoms with E-state index in [9.17, 15) is 18.0 Å². The summed E-state index contributed by atoms with van der Waals surface area (Å²) in [5.41, 5.74) is -0.0777. The second-order valence-corrected chi connectivity index (χ2v) is 7.64. The van der Waals surface area contributed by atoms with Gasteiger partial charge in [0, 0.05) is 50.5 Å². The molecular formula is C20H23F3N4O3. The second kappa shape index (κ2) is 8.63. The molecule has 162 valence electrons. The van der Waals surface area contributed by atoms with Crippen LogP contribution in [0.25, 0.3) is 11.4 Å². The molecule has 2 aromatic heterocycles. The maximum Gasteiger partial charge on any atom is 0.417 e. The first-order chi connectivity index (χ1) is 14.4. The van der Waals surface area contributed by atoms with E-state index >= 15 is 0 Å². The lowest BCUT2D eigenvalue weighted by Crippen LogP contribution is -2.48. The van der Waals surface area contributed by atoms with Gasteiger partial charge in [-0.3, -0.25) is 4.98 Å². The van der Waals surface area contributed by atoms with Gasteiger partial charge in [0.2, 0.25) is 0 Å². The fourth-order valence-electron chi connectivity index (χ4n) is 3.79. The molecule has 2 amide bonds. The van der Waals surface area contributed by atoms with E-state index in [0.717, 1.165) is 37.9 Å². The maximum absolute atomic E-state index is 12.7. The number of aromatic nitrogens is 2. The molecule has 2 aromatic rings. The van der Waals surface area contributed by atoms with Crippen LogP contribution in [-0.4, -0.2) is 53.4 Å². The zero-order valence-electron chi connectivity index (χ0n) is 16.3. The van der Waals surface area contributed by atoms with Gasteiger partial charge in [0.25, 0.3) is 0 Å². The van der Waals surface area contributed by atoms with Crippen LogP contribution >= 0.6 is 0 Å². The van der Waals surface area contributed by atoms with Crippen LogP contribution in [0.15, 0.2) is 28.9 Å². The number of piperidine rings is 1. The number of halogens is 3. The van der Waals surface area contributed by atoms with Crippen molar-refractivity contribution in [3.05, 3.63) is 35.7 Å². The predicted molar refractivity (Wildman–Crippen MR) is 101 cm³/mol. The van der Waals surface area contributed by atoms with Gasteiger partial charge in [-0.05, 0) is 37.8 Å². The molecule has 0 radical (unpaired) electrons. The number of likely N-dealkylation sites (tertiary alicyclic amines) is 1. The lowest BCUT2D eigenvalue weighted by atomic mass is 9.94. The Bertz CT molecular complexity index is 855. The second-order valence-electron chi connectivity index (χ2n) is 7.64. The van der Waals surface area contributed by atoms with Gasteiger partial charge < -0.3 is 19.5 Å². The zero-order chi connectivity index (χ0) is 21.1. The normalized spacial score (nSPS) is 19.1. The molecule has 30 heavy (non-hydrogen) atoms. The Morgan fingerprint density at radius 3 is 2.47 bits per heavy atom. The van der Waals surface area contributed by atoms with Gasteiger partial charge in [0.1, 0.15) is 11.5 Å². The third-order valence-electron chi connectivity index (χ3n) is 5.62. The summed E-state index contributed by atoms with van der Waals surface area (Å²) in [7, 11) is 0. The number of hydrogen-bond donors (Lipinski definition) is 1. The van der Waals surface area contributed by atoms with Crippen molar-refractivity contribution < 1.29 is 27.2 Å². The van der Waals surface area contributed by atoms with Gasteiger partial charge in [0.05, 0.1) is 11.3 Å². The molecule has 2 aliphatic heterocycles. The topological polar surface area (TPSA) is 80.5 Å². The standard InChI is InChI=1S/C20H23F3N4O3/c21-20(22,23)14-1-2-16(24-12-14)17-11-18(30-26-17)13-3-7-27(8-4-13)19(28)25-15-5-9-29-10-6-15/h1-2,11-13,15H,3-10H2,(H,25,28). The Hall–Kier alpha value is -2.62. The highest BCUT2D eigenvalue weighted by Crippen LogP contribution is 2.32. The van der Waals surface area contributed by atoms with Gasteiger partial charge >= 0.3 is 12.2 Å². The highest BCUT2D eigenvalue weighted by molar-refractivity contribution is 5.74. The van der Waals surface area contributed by atoms with Crippen molar-refractivity contribution in [2.45, 2.75) is 43.8 Å². The summed E-state index contributed by atoms with van der Waals surface area (Å²) in [6.07, 6.45) is -0.501. The third-order valence-corrected chi connectivity index (χ3v) is 5.62. The summed E-state index contributed by atoms with van der Waals surface area (Å²) in [5, 5.41) is 7.03. The van der Waals surface area contributed by atoms with Crippen LogP contribution in [-0.2, 0) is 10.9 Å². The fourth-order valence-corrected chi connectivity index (χ4v) is 3.79. The Kier molecular flexibility index (Phi) is 5.94. The van der Waals surface area contributed by atoms with Crippen molar-refractivity contribution in [3.63, 3.8) is 0 Å². The highest BCUT2D eigenvalue weighted by Gasteiger charge is 2.31. The molecule has 0 aliphatic carbocycles. The number of urea groups is 1. The molecule has 0 spiro atoms. The van der Waals surface area contributed by atoms with Crippen LogP contribution < -0.4 is 5.32 Å². The number of rotatable bonds is 3. The number of alkyl halides is 3. The van der Waals surface area contributed by atoms with Crippen molar-refractivity contribution in [1.29, 1.82) is 0 Å². The Labute approximate surface area is 171 Å². The molecule has 10 heteroatoms. The number of pyridine rings is 1. The van der Waals surface area contributed by atoms with E-state index in [4.69, 9.17) is 9.26 Å². The van der Waals surface area contributed by atoms with Crippen LogP contribution in [0.4, 0.5) is 18.0 Å². The molecule has 2 saturated heterocycles. The fraction of sp³-hybridized carbons (Fsp3) is 0.550. The van der Waals surface area contributed by atoms with E-state index < -0.39 is 11.7 Å². The molecule has 1 N–H and O–H groups in total. The average molecular weight is 424 g/mol. The number of hydrogen-bond acceptors (Lipinski definition) is 5. The monoisotopic (exact) mass is 424 g/mol. The van der Waals surface area contributed by atoms with E-state index in [2.05, 4.69) is 15.5 Å². The van der Waals surface area contributed by atoms with Crippen molar-refractivity contribution in [2.24, 2.45) is 0 Å². The van der Waals surface area contributed by atoms with E-state index in [1.54, 1.807) is 11.0 Å². The molecule has 0 saturated carbocycles. The van der Waals surface area contributed by atoms with Crippen molar-refractivity contribution >= 4 is 6.03 Å². The van der Waals surface area contributed by atoms with Crippen molar-refractivity contribution in [3.8, 4) is 11.4 Å². The molecule has 4 rings (SSSR count). The molecule has 2 aliphatic rings. The Morgan fingerprint density at radius 2 is 1.83 bits per heavy atom. The summed E-state index contributed by atoms with van der Waals surface area (Å²) in [4.78, 5) is 18.1. The summed E-state index contributed by atoms with van der Waals surface area (Å²) >= 11 is 0. The minimum Gasteiger partial charge on any atom is -0.381 e. The van der Waals surface area contributed by atoms with Gasteiger partial charge in [0.15, 0.2) is 0 Å². The van der Waals surface area contributed by atoms with Gasteiger partial charge in [-0.1, -0.05) is 5.16 Å². The van der Waals surface area contributed by atoms with E-state index in [-0.39, 0.29) is 18.0 Å². The minimum absolute atomic E-state index is 0.0486. The van der Waals surface area contributed by atoms with E-state index in [1.165, 1.54) is 6.07 Å². The maximum atomic E-state index is 12.7. The summed E-state index contributed by atoms with van der Waals surface area (Å²) in [5.74, 6) is 0.768. The smallest absolute Gasteiger partial charge is 0.381 e. The summed E-state index contributed by atoms with van der Waals surface area (Å²) < 4.78 is 48.8. The van der Waals surface area contributed by atoms with Gasteiger partial charge in [-0.25, -0.2) is 4.79 Å². The minimum atomic E-state index is -4.43. The van der Waals surface area contributed by atoms with E-state index in [0.29, 0.717) is 43.5 Å². The first kappa shape index (κ1) is 20.6. The summed E-state index contributed by atoms with van der Waals surface area (Å²) in [6, 6.07) is 4.10. The lowest BCUT2D eigenvalue weighted by molar-refractivity contribution is -0.137. The average Bonchev–Trinajstić information content (AvgIpc) is 3.24. The van der Waals surface area contributed by atoms with Crippen molar-refractivity contribution in [2.75, 3.05) is 26.3 Å². The molecule has 4 heterocycles. The van der Waals surface area contributed by atoms with Crippen LogP contribution in [0.2, 0.25) is 0 Å². The first-order valence-corrected chi connectivity index (χ1v) is 10.0. The number of amides is 2. The Balaban J connectivity index is 1.32. The molecule has 0 atom stereocenters. The lowest BCUT2D eigenvalue weighted by Gasteiger charge is -2.33. The first-order valence-electron chi connectivity index (χ1n) is 10.0. The quantitative estimate of drug-likeness (QED) is 0.810. The van der Waals surface area contributed by atoms with Crippen LogP contribution in [0.1, 0.15) is 42.9 Å².